The van der Waals surface area contributed by atoms with Crippen molar-refractivity contribution in [2.24, 2.45) is 0 Å². The molecule has 0 fully saturated rings. The second-order valence-corrected chi connectivity index (χ2v) is 5.31. The van der Waals surface area contributed by atoms with Gasteiger partial charge in [-0.3, -0.25) is 9.59 Å². The fourth-order valence-electron chi connectivity index (χ4n) is 1.63. The van der Waals surface area contributed by atoms with E-state index in [1.807, 2.05) is 6.07 Å². The van der Waals surface area contributed by atoms with Gasteiger partial charge in [-0.2, -0.15) is 0 Å². The first kappa shape index (κ1) is 15.8. The van der Waals surface area contributed by atoms with E-state index >= 15 is 0 Å². The number of rotatable bonds is 8. The Morgan fingerprint density at radius 1 is 1.26 bits per heavy atom. The van der Waals surface area contributed by atoms with Gasteiger partial charge in [0.1, 0.15) is 5.78 Å². The van der Waals surface area contributed by atoms with Crippen LogP contribution in [0.1, 0.15) is 30.9 Å². The molecule has 0 saturated carbocycles. The third-order valence-corrected chi connectivity index (χ3v) is 3.59. The van der Waals surface area contributed by atoms with Gasteiger partial charge < -0.3 is 4.74 Å². The molecule has 0 spiro atoms. The number of ether oxygens (including phenoxy) is 1. The summed E-state index contributed by atoms with van der Waals surface area (Å²) in [4.78, 5) is 22.7. The molecule has 104 valence electrons. The lowest BCUT2D eigenvalue weighted by atomic mass is 10.2. The minimum Gasteiger partial charge on any atom is -0.466 e. The summed E-state index contributed by atoms with van der Waals surface area (Å²) in [6.07, 6.45) is 0.470. The Balaban J connectivity index is 2.18. The predicted molar refractivity (Wildman–Crippen MR) is 78.2 cm³/mol. The number of Topliss-reactive ketones (excluding diaryl/α,β-unsaturated/α-hetero) is 1. The maximum absolute atomic E-state index is 11.6. The molecule has 0 aliphatic rings. The summed E-state index contributed by atoms with van der Waals surface area (Å²) in [5.74, 6) is 1.09. The molecule has 4 heteroatoms. The van der Waals surface area contributed by atoms with E-state index in [0.717, 1.165) is 5.75 Å². The number of carbonyl (C=O) groups excluding carboxylic acids is 2. The maximum atomic E-state index is 11.6. The van der Waals surface area contributed by atoms with Crippen LogP contribution in [0.3, 0.4) is 0 Å². The maximum Gasteiger partial charge on any atom is 0.306 e. The smallest absolute Gasteiger partial charge is 0.306 e. The Morgan fingerprint density at radius 3 is 2.74 bits per heavy atom. The van der Waals surface area contributed by atoms with Crippen molar-refractivity contribution in [3.8, 4) is 0 Å². The Morgan fingerprint density at radius 2 is 2.05 bits per heavy atom. The third-order valence-electron chi connectivity index (χ3n) is 2.53. The van der Waals surface area contributed by atoms with E-state index in [9.17, 15) is 9.59 Å². The minimum absolute atomic E-state index is 0.103. The zero-order valence-electron chi connectivity index (χ0n) is 11.5. The molecule has 0 saturated heterocycles. The number of esters is 1. The van der Waals surface area contributed by atoms with Crippen LogP contribution in [0.15, 0.2) is 24.3 Å². The van der Waals surface area contributed by atoms with Crippen LogP contribution in [0.25, 0.3) is 0 Å². The second-order valence-electron chi connectivity index (χ2n) is 4.33. The number of hydrogen-bond donors (Lipinski definition) is 0. The normalized spacial score (nSPS) is 10.2. The number of hydrogen-bond acceptors (Lipinski definition) is 4. The standard InChI is InChI=1S/C15H20O3S/c1-3-18-15(17)8-7-14(16)11-19-10-13-6-4-5-12(2)9-13/h4-6,9H,3,7-8,10-11H2,1-2H3. The van der Waals surface area contributed by atoms with Crippen LogP contribution in [-0.2, 0) is 20.1 Å². The van der Waals surface area contributed by atoms with Crippen LogP contribution in [0.4, 0.5) is 0 Å². The van der Waals surface area contributed by atoms with Crippen molar-refractivity contribution >= 4 is 23.5 Å². The zero-order valence-corrected chi connectivity index (χ0v) is 12.3. The average Bonchev–Trinajstić information content (AvgIpc) is 2.37. The highest BCUT2D eigenvalue weighted by Crippen LogP contribution is 2.14. The summed E-state index contributed by atoms with van der Waals surface area (Å²) in [5, 5.41) is 0. The Hall–Kier alpha value is -1.29. The Labute approximate surface area is 118 Å². The van der Waals surface area contributed by atoms with Gasteiger partial charge in [0, 0.05) is 12.2 Å². The molecular formula is C15H20O3S. The molecule has 0 bridgehead atoms. The van der Waals surface area contributed by atoms with Crippen LogP contribution in [0, 0.1) is 6.92 Å². The van der Waals surface area contributed by atoms with Crippen molar-refractivity contribution in [3.63, 3.8) is 0 Å². The van der Waals surface area contributed by atoms with Crippen molar-refractivity contribution in [2.75, 3.05) is 12.4 Å². The van der Waals surface area contributed by atoms with Crippen LogP contribution in [0.5, 0.6) is 0 Å². The quantitative estimate of drug-likeness (QED) is 0.686. The molecule has 0 unspecified atom stereocenters. The minimum atomic E-state index is -0.292. The predicted octanol–water partition coefficient (Wildman–Crippen LogP) is 3.14. The van der Waals surface area contributed by atoms with Crippen molar-refractivity contribution in [1.29, 1.82) is 0 Å². The van der Waals surface area contributed by atoms with E-state index in [1.54, 1.807) is 18.7 Å². The lowest BCUT2D eigenvalue weighted by molar-refractivity contribution is -0.144. The number of thioether (sulfide) groups is 1. The molecule has 3 nitrogen and oxygen atoms in total. The van der Waals surface area contributed by atoms with Crippen molar-refractivity contribution in [2.45, 2.75) is 32.4 Å². The van der Waals surface area contributed by atoms with Gasteiger partial charge in [0.2, 0.25) is 0 Å². The first-order valence-electron chi connectivity index (χ1n) is 6.42. The van der Waals surface area contributed by atoms with Crippen LogP contribution >= 0.6 is 11.8 Å². The van der Waals surface area contributed by atoms with E-state index in [-0.39, 0.29) is 24.6 Å². The van der Waals surface area contributed by atoms with Gasteiger partial charge >= 0.3 is 5.97 Å². The number of carbonyl (C=O) groups is 2. The largest absolute Gasteiger partial charge is 0.466 e. The summed E-state index contributed by atoms with van der Waals surface area (Å²) in [6.45, 7) is 4.19. The van der Waals surface area contributed by atoms with E-state index < -0.39 is 0 Å². The molecule has 0 N–H and O–H groups in total. The molecule has 0 aliphatic carbocycles. The van der Waals surface area contributed by atoms with Crippen LogP contribution < -0.4 is 0 Å². The molecular weight excluding hydrogens is 260 g/mol. The van der Waals surface area contributed by atoms with Gasteiger partial charge in [-0.05, 0) is 19.4 Å². The molecule has 0 amide bonds. The average molecular weight is 280 g/mol. The summed E-state index contributed by atoms with van der Waals surface area (Å²) in [7, 11) is 0. The fraction of sp³-hybridized carbons (Fsp3) is 0.467. The van der Waals surface area contributed by atoms with Crippen molar-refractivity contribution in [1.82, 2.24) is 0 Å². The summed E-state index contributed by atoms with van der Waals surface area (Å²) < 4.78 is 4.78. The van der Waals surface area contributed by atoms with Gasteiger partial charge in [0.15, 0.2) is 0 Å². The van der Waals surface area contributed by atoms with Crippen molar-refractivity contribution in [3.05, 3.63) is 35.4 Å². The van der Waals surface area contributed by atoms with E-state index in [4.69, 9.17) is 4.74 Å². The van der Waals surface area contributed by atoms with Gasteiger partial charge in [0.05, 0.1) is 18.8 Å². The molecule has 0 heterocycles. The van der Waals surface area contributed by atoms with Crippen molar-refractivity contribution < 1.29 is 14.3 Å². The summed E-state index contributed by atoms with van der Waals surface area (Å²) in [5.41, 5.74) is 2.45. The number of benzene rings is 1. The van der Waals surface area contributed by atoms with E-state index in [0.29, 0.717) is 12.4 Å². The van der Waals surface area contributed by atoms with Gasteiger partial charge in [-0.15, -0.1) is 11.8 Å². The molecule has 1 rings (SSSR count). The fourth-order valence-corrected chi connectivity index (χ4v) is 2.52. The summed E-state index contributed by atoms with van der Waals surface area (Å²) in [6, 6.07) is 8.26. The number of aryl methyl sites for hydroxylation is 1. The highest BCUT2D eigenvalue weighted by Gasteiger charge is 2.07. The lowest BCUT2D eigenvalue weighted by Gasteiger charge is -2.03. The lowest BCUT2D eigenvalue weighted by Crippen LogP contribution is -2.09. The van der Waals surface area contributed by atoms with E-state index in [1.165, 1.54) is 11.1 Å². The molecule has 1 aromatic rings. The van der Waals surface area contributed by atoms with Crippen LogP contribution in [0.2, 0.25) is 0 Å². The zero-order chi connectivity index (χ0) is 14.1. The van der Waals surface area contributed by atoms with Gasteiger partial charge in [0.25, 0.3) is 0 Å². The molecule has 0 aromatic heterocycles. The third kappa shape index (κ3) is 7.01. The number of ketones is 1. The molecule has 0 radical (unpaired) electrons. The Kier molecular flexibility index (Phi) is 7.26. The second kappa shape index (κ2) is 8.75. The first-order chi connectivity index (χ1) is 9.11. The SMILES string of the molecule is CCOC(=O)CCC(=O)CSCc1cccc(C)c1. The summed E-state index contributed by atoms with van der Waals surface area (Å²) >= 11 is 1.59. The topological polar surface area (TPSA) is 43.4 Å². The Bertz CT molecular complexity index is 429. The highest BCUT2D eigenvalue weighted by molar-refractivity contribution is 7.99. The van der Waals surface area contributed by atoms with Crippen LogP contribution in [-0.4, -0.2) is 24.1 Å². The van der Waals surface area contributed by atoms with Gasteiger partial charge in [-0.1, -0.05) is 29.8 Å². The van der Waals surface area contributed by atoms with E-state index in [2.05, 4.69) is 25.1 Å². The molecule has 19 heavy (non-hydrogen) atoms. The molecule has 0 aliphatic heterocycles. The molecule has 1 aromatic carbocycles. The van der Waals surface area contributed by atoms with Gasteiger partial charge in [-0.25, -0.2) is 0 Å². The first-order valence-corrected chi connectivity index (χ1v) is 7.58. The highest BCUT2D eigenvalue weighted by atomic mass is 32.2. The molecule has 0 atom stereocenters. The monoisotopic (exact) mass is 280 g/mol.